The van der Waals surface area contributed by atoms with E-state index in [0.717, 1.165) is 11.1 Å². The van der Waals surface area contributed by atoms with Crippen molar-refractivity contribution in [3.63, 3.8) is 0 Å². The molecule has 0 spiro atoms. The highest BCUT2D eigenvalue weighted by Crippen LogP contribution is 2.39. The second-order valence-electron chi connectivity index (χ2n) is 7.15. The number of nitrogens with zero attached hydrogens (tertiary/aromatic N) is 1. The highest BCUT2D eigenvalue weighted by Gasteiger charge is 2.45. The van der Waals surface area contributed by atoms with Crippen LogP contribution < -0.4 is 0 Å². The number of hydrogen-bond donors (Lipinski definition) is 1. The van der Waals surface area contributed by atoms with Gasteiger partial charge in [0.05, 0.1) is 11.6 Å². The van der Waals surface area contributed by atoms with Gasteiger partial charge in [-0.3, -0.25) is 9.59 Å². The molecule has 1 fully saturated rings. The molecule has 1 heterocycles. The summed E-state index contributed by atoms with van der Waals surface area (Å²) in [6.45, 7) is 0.367. The average Bonchev–Trinajstić information content (AvgIpc) is 3.04. The monoisotopic (exact) mass is 417 g/mol. The summed E-state index contributed by atoms with van der Waals surface area (Å²) in [5, 5.41) is 11.5. The standard InChI is InChI=1S/C25H20ClNO3/c26-20-13-11-19(12-14-20)23(28)21-22(18-9-5-2-6-10-18)27(25(30)24(21)29)16-15-17-7-3-1-4-8-17/h1-14,22,28H,15-16H2/b23-21+. The molecule has 5 heteroatoms. The molecule has 0 aliphatic carbocycles. The topological polar surface area (TPSA) is 57.6 Å². The zero-order valence-corrected chi connectivity index (χ0v) is 16.9. The lowest BCUT2D eigenvalue weighted by molar-refractivity contribution is -0.139. The van der Waals surface area contributed by atoms with E-state index in [4.69, 9.17) is 11.6 Å². The van der Waals surface area contributed by atoms with Gasteiger partial charge in [0.15, 0.2) is 0 Å². The van der Waals surface area contributed by atoms with Crippen molar-refractivity contribution in [1.82, 2.24) is 4.90 Å². The molecule has 0 saturated carbocycles. The fraction of sp³-hybridized carbons (Fsp3) is 0.120. The third-order valence-electron chi connectivity index (χ3n) is 5.26. The van der Waals surface area contributed by atoms with E-state index in [9.17, 15) is 14.7 Å². The summed E-state index contributed by atoms with van der Waals surface area (Å²) in [6.07, 6.45) is 0.609. The van der Waals surface area contributed by atoms with Gasteiger partial charge in [-0.2, -0.15) is 0 Å². The molecule has 1 N–H and O–H groups in total. The highest BCUT2D eigenvalue weighted by molar-refractivity contribution is 6.46. The fourth-order valence-electron chi connectivity index (χ4n) is 3.75. The van der Waals surface area contributed by atoms with E-state index in [0.29, 0.717) is 23.6 Å². The number of rotatable bonds is 5. The molecule has 1 saturated heterocycles. The number of ketones is 1. The molecule has 30 heavy (non-hydrogen) atoms. The van der Waals surface area contributed by atoms with E-state index in [1.54, 1.807) is 29.2 Å². The summed E-state index contributed by atoms with van der Waals surface area (Å²) < 4.78 is 0. The maximum absolute atomic E-state index is 13.0. The smallest absolute Gasteiger partial charge is 0.295 e. The number of aliphatic hydroxyl groups is 1. The number of carbonyl (C=O) groups excluding carboxylic acids is 2. The SMILES string of the molecule is O=C1C(=O)N(CCc2ccccc2)C(c2ccccc2)/C1=C(\O)c1ccc(Cl)cc1. The molecule has 1 unspecified atom stereocenters. The van der Waals surface area contributed by atoms with Gasteiger partial charge in [-0.1, -0.05) is 72.3 Å². The summed E-state index contributed by atoms with van der Waals surface area (Å²) in [6, 6.07) is 25.0. The van der Waals surface area contributed by atoms with Crippen molar-refractivity contribution in [3.8, 4) is 0 Å². The van der Waals surface area contributed by atoms with Gasteiger partial charge in [-0.25, -0.2) is 0 Å². The molecular weight excluding hydrogens is 398 g/mol. The molecule has 4 rings (SSSR count). The molecule has 4 nitrogen and oxygen atoms in total. The molecule has 150 valence electrons. The minimum atomic E-state index is -0.677. The van der Waals surface area contributed by atoms with Crippen LogP contribution >= 0.6 is 11.6 Å². The predicted octanol–water partition coefficient (Wildman–Crippen LogP) is 5.00. The first kappa shape index (κ1) is 19.9. The number of aliphatic hydroxyl groups excluding tert-OH is 1. The predicted molar refractivity (Wildman–Crippen MR) is 117 cm³/mol. The molecule has 3 aromatic rings. The van der Waals surface area contributed by atoms with Gasteiger partial charge in [0.2, 0.25) is 0 Å². The van der Waals surface area contributed by atoms with Crippen LogP contribution in [0.5, 0.6) is 0 Å². The van der Waals surface area contributed by atoms with E-state index in [2.05, 4.69) is 0 Å². The zero-order chi connectivity index (χ0) is 21.1. The van der Waals surface area contributed by atoms with Crippen LogP contribution in [-0.4, -0.2) is 28.2 Å². The van der Waals surface area contributed by atoms with Crippen LogP contribution in [0, 0.1) is 0 Å². The third kappa shape index (κ3) is 3.87. The van der Waals surface area contributed by atoms with E-state index < -0.39 is 17.7 Å². The van der Waals surface area contributed by atoms with Crippen molar-refractivity contribution in [1.29, 1.82) is 0 Å². The Balaban J connectivity index is 1.76. The van der Waals surface area contributed by atoms with Crippen LogP contribution in [0.15, 0.2) is 90.5 Å². The van der Waals surface area contributed by atoms with E-state index in [-0.39, 0.29) is 11.3 Å². The summed E-state index contributed by atoms with van der Waals surface area (Å²) in [7, 11) is 0. The molecule has 1 atom stereocenters. The summed E-state index contributed by atoms with van der Waals surface area (Å²) in [5.74, 6) is -1.47. The molecule has 0 aromatic heterocycles. The van der Waals surface area contributed by atoms with Crippen molar-refractivity contribution in [2.75, 3.05) is 6.54 Å². The van der Waals surface area contributed by atoms with Crippen LogP contribution in [0.2, 0.25) is 5.02 Å². The summed E-state index contributed by atoms with van der Waals surface area (Å²) >= 11 is 5.95. The van der Waals surface area contributed by atoms with Gasteiger partial charge in [0.1, 0.15) is 5.76 Å². The number of halogens is 1. The van der Waals surface area contributed by atoms with Gasteiger partial charge >= 0.3 is 0 Å². The Morgan fingerprint density at radius 1 is 0.867 bits per heavy atom. The van der Waals surface area contributed by atoms with E-state index >= 15 is 0 Å². The second-order valence-corrected chi connectivity index (χ2v) is 7.58. The first-order valence-corrected chi connectivity index (χ1v) is 10.1. The first-order chi connectivity index (χ1) is 14.6. The Labute approximate surface area is 180 Å². The lowest BCUT2D eigenvalue weighted by Gasteiger charge is -2.25. The summed E-state index contributed by atoms with van der Waals surface area (Å²) in [5.41, 5.74) is 2.40. The van der Waals surface area contributed by atoms with Crippen LogP contribution in [0.1, 0.15) is 22.7 Å². The third-order valence-corrected chi connectivity index (χ3v) is 5.51. The fourth-order valence-corrected chi connectivity index (χ4v) is 3.88. The van der Waals surface area contributed by atoms with Crippen molar-refractivity contribution in [2.45, 2.75) is 12.5 Å². The van der Waals surface area contributed by atoms with Crippen molar-refractivity contribution in [2.24, 2.45) is 0 Å². The quantitative estimate of drug-likeness (QED) is 0.361. The second kappa shape index (κ2) is 8.56. The van der Waals surface area contributed by atoms with Gasteiger partial charge in [0, 0.05) is 17.1 Å². The maximum atomic E-state index is 13.0. The number of amides is 1. The lowest BCUT2D eigenvalue weighted by Crippen LogP contribution is -2.31. The molecular formula is C25H20ClNO3. The molecule has 1 aliphatic rings. The highest BCUT2D eigenvalue weighted by atomic mass is 35.5. The molecule has 1 amide bonds. The number of carbonyl (C=O) groups is 2. The van der Waals surface area contributed by atoms with Gasteiger partial charge in [-0.15, -0.1) is 0 Å². The molecule has 3 aromatic carbocycles. The Morgan fingerprint density at radius 3 is 2.10 bits per heavy atom. The van der Waals surface area contributed by atoms with Gasteiger partial charge < -0.3 is 10.0 Å². The van der Waals surface area contributed by atoms with Crippen LogP contribution in [0.25, 0.3) is 5.76 Å². The number of likely N-dealkylation sites (tertiary alicyclic amines) is 1. The molecule has 1 aliphatic heterocycles. The Morgan fingerprint density at radius 2 is 1.47 bits per heavy atom. The maximum Gasteiger partial charge on any atom is 0.295 e. The van der Waals surface area contributed by atoms with Gasteiger partial charge in [-0.05, 0) is 41.8 Å². The molecule has 0 bridgehead atoms. The summed E-state index contributed by atoms with van der Waals surface area (Å²) in [4.78, 5) is 27.4. The zero-order valence-electron chi connectivity index (χ0n) is 16.2. The van der Waals surface area contributed by atoms with Crippen LogP contribution in [0.3, 0.4) is 0 Å². The number of hydrogen-bond acceptors (Lipinski definition) is 3. The normalized spacial score (nSPS) is 18.0. The number of benzene rings is 3. The largest absolute Gasteiger partial charge is 0.507 e. The Bertz CT molecular complexity index is 1090. The van der Waals surface area contributed by atoms with Crippen molar-refractivity contribution >= 4 is 29.1 Å². The Hall–Kier alpha value is -3.37. The number of Topliss-reactive ketones (excluding diaryl/α,β-unsaturated/α-hetero) is 1. The van der Waals surface area contributed by atoms with Gasteiger partial charge in [0.25, 0.3) is 11.7 Å². The lowest BCUT2D eigenvalue weighted by atomic mass is 9.95. The van der Waals surface area contributed by atoms with E-state index in [1.807, 2.05) is 60.7 Å². The first-order valence-electron chi connectivity index (χ1n) is 9.69. The minimum absolute atomic E-state index is 0.0987. The van der Waals surface area contributed by atoms with Crippen molar-refractivity contribution < 1.29 is 14.7 Å². The Kier molecular flexibility index (Phi) is 5.68. The average molecular weight is 418 g/mol. The van der Waals surface area contributed by atoms with Crippen LogP contribution in [-0.2, 0) is 16.0 Å². The molecule has 0 radical (unpaired) electrons. The van der Waals surface area contributed by atoms with Crippen LogP contribution in [0.4, 0.5) is 0 Å². The minimum Gasteiger partial charge on any atom is -0.507 e. The van der Waals surface area contributed by atoms with E-state index in [1.165, 1.54) is 0 Å². The van der Waals surface area contributed by atoms with Crippen molar-refractivity contribution in [3.05, 3.63) is 112 Å².